The van der Waals surface area contributed by atoms with Gasteiger partial charge in [0.1, 0.15) is 27.9 Å². The van der Waals surface area contributed by atoms with Crippen LogP contribution in [0.4, 0.5) is 10.1 Å². The quantitative estimate of drug-likeness (QED) is 0.207. The van der Waals surface area contributed by atoms with E-state index in [4.69, 9.17) is 9.47 Å². The summed E-state index contributed by atoms with van der Waals surface area (Å²) >= 11 is 1.22. The number of rotatable bonds is 9. The molecule has 0 radical (unpaired) electrons. The fraction of sp³-hybridized carbons (Fsp3) is 0.212. The molecule has 0 spiro atoms. The van der Waals surface area contributed by atoms with E-state index in [1.54, 1.807) is 31.2 Å². The molecule has 0 atom stereocenters. The van der Waals surface area contributed by atoms with E-state index in [0.29, 0.717) is 28.8 Å². The van der Waals surface area contributed by atoms with Crippen LogP contribution < -0.4 is 4.74 Å². The topological polar surface area (TPSA) is 73.0 Å². The standard InChI is InChI=1S/C33H31FN2O4S/c1-4-22-8-7-9-27-23(20-36(30(22)27)19-21-10-12-24(34)13-11-21)18-28-31(37)29(33(38)40-6-3)32(41-28)35-25-14-16-26(17-15-25)39-5-2/h7-18,20,37H,4-6,19H2,1-3H3/b28-18-,35-32?. The van der Waals surface area contributed by atoms with Gasteiger partial charge in [-0.2, -0.15) is 0 Å². The number of carbonyl (C=O) groups excluding carboxylic acids is 1. The van der Waals surface area contributed by atoms with E-state index in [1.807, 2.05) is 43.5 Å². The SMILES string of the molecule is CCOC(=O)C1=C(O)/C(=C/c2cn(Cc3ccc(F)cc3)c3c(CC)cccc23)SC1=Nc1ccc(OCC)cc1. The lowest BCUT2D eigenvalue weighted by atomic mass is 10.1. The number of aromatic nitrogens is 1. The number of carbonyl (C=O) groups is 1. The number of aliphatic imine (C=N–C) groups is 1. The summed E-state index contributed by atoms with van der Waals surface area (Å²) in [6, 6.07) is 19.9. The smallest absolute Gasteiger partial charge is 0.344 e. The summed E-state index contributed by atoms with van der Waals surface area (Å²) in [7, 11) is 0. The van der Waals surface area contributed by atoms with E-state index in [2.05, 4.69) is 22.5 Å². The van der Waals surface area contributed by atoms with Crippen molar-refractivity contribution in [1.82, 2.24) is 4.57 Å². The number of para-hydroxylation sites is 1. The van der Waals surface area contributed by atoms with Crippen LogP contribution in [0, 0.1) is 5.82 Å². The van der Waals surface area contributed by atoms with Crippen LogP contribution in [0.15, 0.2) is 94.2 Å². The van der Waals surface area contributed by atoms with Crippen molar-refractivity contribution in [3.05, 3.63) is 112 Å². The average Bonchev–Trinajstić information content (AvgIpc) is 3.47. The largest absolute Gasteiger partial charge is 0.506 e. The lowest BCUT2D eigenvalue weighted by Crippen LogP contribution is -2.12. The van der Waals surface area contributed by atoms with Gasteiger partial charge in [-0.3, -0.25) is 0 Å². The molecule has 1 aromatic heterocycles. The zero-order valence-electron chi connectivity index (χ0n) is 23.2. The number of fused-ring (bicyclic) bond motifs is 1. The van der Waals surface area contributed by atoms with E-state index in [0.717, 1.165) is 34.2 Å². The minimum absolute atomic E-state index is 0.0429. The van der Waals surface area contributed by atoms with Crippen LogP contribution in [0.5, 0.6) is 5.75 Å². The highest BCUT2D eigenvalue weighted by atomic mass is 32.2. The third-order valence-electron chi connectivity index (χ3n) is 6.70. The van der Waals surface area contributed by atoms with E-state index in [9.17, 15) is 14.3 Å². The maximum Gasteiger partial charge on any atom is 0.344 e. The third kappa shape index (κ3) is 6.07. The molecule has 41 heavy (non-hydrogen) atoms. The zero-order valence-corrected chi connectivity index (χ0v) is 24.0. The maximum atomic E-state index is 13.5. The molecular formula is C33H31FN2O4S. The summed E-state index contributed by atoms with van der Waals surface area (Å²) in [5.41, 5.74) is 4.78. The Labute approximate surface area is 242 Å². The van der Waals surface area contributed by atoms with Crippen LogP contribution in [0.2, 0.25) is 0 Å². The monoisotopic (exact) mass is 570 g/mol. The summed E-state index contributed by atoms with van der Waals surface area (Å²) in [5.74, 6) is -0.336. The number of nitrogens with zero attached hydrogens (tertiary/aromatic N) is 2. The number of esters is 1. The molecule has 3 aromatic carbocycles. The summed E-state index contributed by atoms with van der Waals surface area (Å²) in [5, 5.41) is 12.6. The Kier molecular flexibility index (Phi) is 8.59. The third-order valence-corrected chi connectivity index (χ3v) is 7.71. The van der Waals surface area contributed by atoms with Crippen LogP contribution in [0.25, 0.3) is 17.0 Å². The van der Waals surface area contributed by atoms with E-state index in [-0.39, 0.29) is 23.8 Å². The summed E-state index contributed by atoms with van der Waals surface area (Å²) in [4.78, 5) is 18.1. The van der Waals surface area contributed by atoms with Crippen molar-refractivity contribution in [2.45, 2.75) is 33.7 Å². The number of hydrogen-bond donors (Lipinski definition) is 1. The second kappa shape index (κ2) is 12.5. The van der Waals surface area contributed by atoms with Crippen LogP contribution in [-0.4, -0.2) is 33.9 Å². The number of aryl methyl sites for hydroxylation is 1. The van der Waals surface area contributed by atoms with Crippen molar-refractivity contribution in [3.63, 3.8) is 0 Å². The first-order chi connectivity index (χ1) is 19.9. The van der Waals surface area contributed by atoms with Crippen molar-refractivity contribution in [2.24, 2.45) is 4.99 Å². The van der Waals surface area contributed by atoms with E-state index < -0.39 is 5.97 Å². The molecule has 2 heterocycles. The van der Waals surface area contributed by atoms with Gasteiger partial charge in [-0.25, -0.2) is 14.2 Å². The second-order valence-electron chi connectivity index (χ2n) is 9.40. The molecule has 1 aliphatic heterocycles. The molecule has 1 N–H and O–H groups in total. The zero-order chi connectivity index (χ0) is 28.9. The molecule has 210 valence electrons. The number of thioether (sulfide) groups is 1. The van der Waals surface area contributed by atoms with E-state index >= 15 is 0 Å². The van der Waals surface area contributed by atoms with Crippen molar-refractivity contribution < 1.29 is 23.8 Å². The summed E-state index contributed by atoms with van der Waals surface area (Å²) in [6.45, 7) is 7.04. The van der Waals surface area contributed by atoms with Gasteiger partial charge in [-0.15, -0.1) is 0 Å². The molecule has 5 rings (SSSR count). The first-order valence-electron chi connectivity index (χ1n) is 13.6. The number of hydrogen-bond acceptors (Lipinski definition) is 6. The fourth-order valence-corrected chi connectivity index (χ4v) is 5.84. The minimum Gasteiger partial charge on any atom is -0.506 e. The molecule has 0 fully saturated rings. The minimum atomic E-state index is -0.627. The first kappa shape index (κ1) is 28.2. The second-order valence-corrected chi connectivity index (χ2v) is 10.4. The van der Waals surface area contributed by atoms with E-state index in [1.165, 1.54) is 29.5 Å². The van der Waals surface area contributed by atoms with Crippen molar-refractivity contribution in [3.8, 4) is 5.75 Å². The number of aliphatic hydroxyl groups is 1. The van der Waals surface area contributed by atoms with Gasteiger partial charge in [0.05, 0.1) is 29.3 Å². The number of halogens is 1. The fourth-order valence-electron chi connectivity index (χ4n) is 4.81. The first-order valence-corrected chi connectivity index (χ1v) is 14.4. The van der Waals surface area contributed by atoms with Gasteiger partial charge in [0.25, 0.3) is 0 Å². The van der Waals surface area contributed by atoms with Gasteiger partial charge in [0, 0.05) is 23.7 Å². The highest BCUT2D eigenvalue weighted by Gasteiger charge is 2.33. The van der Waals surface area contributed by atoms with Gasteiger partial charge in [-0.1, -0.05) is 49.0 Å². The molecule has 0 bridgehead atoms. The molecule has 0 aliphatic carbocycles. The molecule has 0 saturated heterocycles. The number of benzene rings is 3. The maximum absolute atomic E-state index is 13.5. The van der Waals surface area contributed by atoms with Crippen LogP contribution in [0.3, 0.4) is 0 Å². The van der Waals surface area contributed by atoms with Gasteiger partial charge < -0.3 is 19.1 Å². The van der Waals surface area contributed by atoms with Crippen LogP contribution >= 0.6 is 11.8 Å². The summed E-state index contributed by atoms with van der Waals surface area (Å²) in [6.07, 6.45) is 4.75. The van der Waals surface area contributed by atoms with Crippen LogP contribution in [-0.2, 0) is 22.5 Å². The Morgan fingerprint density at radius 3 is 2.46 bits per heavy atom. The Morgan fingerprint density at radius 2 is 1.78 bits per heavy atom. The predicted octanol–water partition coefficient (Wildman–Crippen LogP) is 7.98. The Bertz CT molecular complexity index is 1670. The molecule has 0 amide bonds. The van der Waals surface area contributed by atoms with Crippen molar-refractivity contribution in [1.29, 1.82) is 0 Å². The van der Waals surface area contributed by atoms with Gasteiger partial charge >= 0.3 is 5.97 Å². The molecule has 4 aromatic rings. The molecular weight excluding hydrogens is 539 g/mol. The van der Waals surface area contributed by atoms with Gasteiger partial charge in [0.2, 0.25) is 0 Å². The Balaban J connectivity index is 1.58. The predicted molar refractivity (Wildman–Crippen MR) is 163 cm³/mol. The molecule has 8 heteroatoms. The molecule has 1 aliphatic rings. The Morgan fingerprint density at radius 1 is 1.02 bits per heavy atom. The highest BCUT2D eigenvalue weighted by Crippen LogP contribution is 2.41. The van der Waals surface area contributed by atoms with Crippen molar-refractivity contribution >= 4 is 45.4 Å². The Hall–Kier alpha value is -4.30. The normalized spacial score (nSPS) is 15.3. The van der Waals surface area contributed by atoms with Gasteiger partial charge in [0.15, 0.2) is 0 Å². The summed E-state index contributed by atoms with van der Waals surface area (Å²) < 4.78 is 26.5. The van der Waals surface area contributed by atoms with Crippen LogP contribution in [0.1, 0.15) is 37.5 Å². The van der Waals surface area contributed by atoms with Gasteiger partial charge in [-0.05, 0) is 73.9 Å². The molecule has 6 nitrogen and oxygen atoms in total. The number of ether oxygens (including phenoxy) is 2. The lowest BCUT2D eigenvalue weighted by Gasteiger charge is -2.09. The lowest BCUT2D eigenvalue weighted by molar-refractivity contribution is -0.138. The average molecular weight is 571 g/mol. The molecule has 0 saturated carbocycles. The molecule has 0 unspecified atom stereocenters. The van der Waals surface area contributed by atoms with Crippen molar-refractivity contribution in [2.75, 3.05) is 13.2 Å². The number of aliphatic hydroxyl groups excluding tert-OH is 1. The highest BCUT2D eigenvalue weighted by molar-refractivity contribution is 8.18.